The molecule has 15 heavy (non-hydrogen) atoms. The summed E-state index contributed by atoms with van der Waals surface area (Å²) in [6.07, 6.45) is 5.04. The molecule has 1 N–H and O–H groups in total. The van der Waals surface area contributed by atoms with Crippen molar-refractivity contribution in [2.75, 3.05) is 11.2 Å². The van der Waals surface area contributed by atoms with Crippen LogP contribution in [0.4, 0.5) is 5.13 Å². The number of aromatic nitrogens is 2. The van der Waals surface area contributed by atoms with Gasteiger partial charge in [-0.1, -0.05) is 12.8 Å². The minimum atomic E-state index is 0.489. The average Bonchev–Trinajstić information content (AvgIpc) is 2.65. The van der Waals surface area contributed by atoms with Crippen LogP contribution in [0.15, 0.2) is 0 Å². The zero-order valence-electron chi connectivity index (χ0n) is 8.87. The first-order valence-electron chi connectivity index (χ1n) is 5.42. The molecule has 0 radical (unpaired) electrons. The molecule has 1 aromatic heterocycles. The maximum atomic E-state index is 5.97. The SMILES string of the molecule is Cc1nsc(NC2CCCCC2CCl)n1. The van der Waals surface area contributed by atoms with E-state index >= 15 is 0 Å². The fourth-order valence-electron chi connectivity index (χ4n) is 2.10. The zero-order valence-corrected chi connectivity index (χ0v) is 10.4. The Bertz CT molecular complexity index is 315. The molecular formula is C10H16ClN3S. The average molecular weight is 246 g/mol. The molecule has 2 rings (SSSR count). The summed E-state index contributed by atoms with van der Waals surface area (Å²) in [5.74, 6) is 2.18. The van der Waals surface area contributed by atoms with E-state index in [9.17, 15) is 0 Å². The lowest BCUT2D eigenvalue weighted by atomic mass is 9.86. The van der Waals surface area contributed by atoms with Gasteiger partial charge < -0.3 is 5.32 Å². The number of halogens is 1. The Morgan fingerprint density at radius 1 is 1.47 bits per heavy atom. The van der Waals surface area contributed by atoms with Crippen LogP contribution in [-0.4, -0.2) is 21.3 Å². The number of nitrogens with zero attached hydrogens (tertiary/aromatic N) is 2. The van der Waals surface area contributed by atoms with Crippen molar-refractivity contribution < 1.29 is 0 Å². The second-order valence-corrected chi connectivity index (χ2v) is 5.16. The van der Waals surface area contributed by atoms with Gasteiger partial charge in [-0.05, 0) is 25.7 Å². The van der Waals surface area contributed by atoms with E-state index in [1.54, 1.807) is 0 Å². The second-order valence-electron chi connectivity index (χ2n) is 4.10. The monoisotopic (exact) mass is 245 g/mol. The molecule has 2 unspecified atom stereocenters. The number of hydrogen-bond donors (Lipinski definition) is 1. The normalized spacial score (nSPS) is 26.5. The summed E-state index contributed by atoms with van der Waals surface area (Å²) in [7, 11) is 0. The van der Waals surface area contributed by atoms with E-state index in [1.807, 2.05) is 6.92 Å². The number of nitrogens with one attached hydrogen (secondary N) is 1. The van der Waals surface area contributed by atoms with Gasteiger partial charge in [0, 0.05) is 23.5 Å². The van der Waals surface area contributed by atoms with Crippen LogP contribution in [0.5, 0.6) is 0 Å². The molecule has 2 atom stereocenters. The van der Waals surface area contributed by atoms with Gasteiger partial charge in [0.15, 0.2) is 0 Å². The summed E-state index contributed by atoms with van der Waals surface area (Å²) in [5, 5.41) is 4.40. The Hall–Kier alpha value is -0.350. The topological polar surface area (TPSA) is 37.8 Å². The smallest absolute Gasteiger partial charge is 0.202 e. The summed E-state index contributed by atoms with van der Waals surface area (Å²) in [5.41, 5.74) is 0. The van der Waals surface area contributed by atoms with E-state index in [0.29, 0.717) is 12.0 Å². The van der Waals surface area contributed by atoms with Gasteiger partial charge in [0.25, 0.3) is 0 Å². The predicted octanol–water partition coefficient (Wildman–Crippen LogP) is 3.06. The van der Waals surface area contributed by atoms with Gasteiger partial charge >= 0.3 is 0 Å². The number of rotatable bonds is 3. The highest BCUT2D eigenvalue weighted by atomic mass is 35.5. The minimum absolute atomic E-state index is 0.489. The molecule has 1 aliphatic rings. The Morgan fingerprint density at radius 2 is 2.27 bits per heavy atom. The van der Waals surface area contributed by atoms with E-state index in [-0.39, 0.29) is 0 Å². The van der Waals surface area contributed by atoms with E-state index in [1.165, 1.54) is 37.2 Å². The molecule has 0 aliphatic heterocycles. The van der Waals surface area contributed by atoms with Crippen LogP contribution in [0, 0.1) is 12.8 Å². The van der Waals surface area contributed by atoms with E-state index < -0.39 is 0 Å². The van der Waals surface area contributed by atoms with Gasteiger partial charge in [0.05, 0.1) is 0 Å². The minimum Gasteiger partial charge on any atom is -0.357 e. The molecule has 1 saturated carbocycles. The molecule has 5 heteroatoms. The molecule has 0 spiro atoms. The fraction of sp³-hybridized carbons (Fsp3) is 0.800. The summed E-state index contributed by atoms with van der Waals surface area (Å²) in [4.78, 5) is 4.33. The summed E-state index contributed by atoms with van der Waals surface area (Å²) < 4.78 is 4.17. The molecule has 1 aromatic rings. The predicted molar refractivity (Wildman–Crippen MR) is 64.7 cm³/mol. The largest absolute Gasteiger partial charge is 0.357 e. The van der Waals surface area contributed by atoms with Gasteiger partial charge in [0.1, 0.15) is 5.82 Å². The lowest BCUT2D eigenvalue weighted by molar-refractivity contribution is 0.353. The maximum Gasteiger partial charge on any atom is 0.202 e. The Morgan fingerprint density at radius 3 is 2.93 bits per heavy atom. The lowest BCUT2D eigenvalue weighted by Crippen LogP contribution is -2.33. The third-order valence-electron chi connectivity index (χ3n) is 2.94. The number of anilines is 1. The van der Waals surface area contributed by atoms with Crippen LogP contribution in [0.1, 0.15) is 31.5 Å². The second kappa shape index (κ2) is 5.12. The molecular weight excluding hydrogens is 230 g/mol. The van der Waals surface area contributed by atoms with Crippen molar-refractivity contribution in [1.82, 2.24) is 9.36 Å². The third-order valence-corrected chi connectivity index (χ3v) is 4.08. The van der Waals surface area contributed by atoms with Gasteiger partial charge in [-0.15, -0.1) is 11.6 Å². The van der Waals surface area contributed by atoms with Crippen molar-refractivity contribution in [3.63, 3.8) is 0 Å². The quantitative estimate of drug-likeness (QED) is 0.832. The Kier molecular flexibility index (Phi) is 3.81. The van der Waals surface area contributed by atoms with Crippen LogP contribution in [-0.2, 0) is 0 Å². The van der Waals surface area contributed by atoms with Crippen molar-refractivity contribution in [2.24, 2.45) is 5.92 Å². The molecule has 1 heterocycles. The molecule has 0 amide bonds. The first-order chi connectivity index (χ1) is 7.29. The van der Waals surface area contributed by atoms with E-state index in [4.69, 9.17) is 11.6 Å². The van der Waals surface area contributed by atoms with Crippen LogP contribution in [0.25, 0.3) is 0 Å². The van der Waals surface area contributed by atoms with Crippen molar-refractivity contribution >= 4 is 28.3 Å². The summed E-state index contributed by atoms with van der Waals surface area (Å²) in [6.45, 7) is 1.92. The summed E-state index contributed by atoms with van der Waals surface area (Å²) in [6, 6.07) is 0.489. The maximum absolute atomic E-state index is 5.97. The van der Waals surface area contributed by atoms with Crippen LogP contribution in [0.3, 0.4) is 0 Å². The standard InChI is InChI=1S/C10H16ClN3S/c1-7-12-10(15-14-7)13-9-5-3-2-4-8(9)6-11/h8-9H,2-6H2,1H3,(H,12,13,14). The third kappa shape index (κ3) is 2.82. The van der Waals surface area contributed by atoms with Crippen molar-refractivity contribution in [2.45, 2.75) is 38.6 Å². The molecule has 3 nitrogen and oxygen atoms in total. The van der Waals surface area contributed by atoms with Gasteiger partial charge in [-0.25, -0.2) is 4.98 Å². The Balaban J connectivity index is 1.97. The van der Waals surface area contributed by atoms with Crippen molar-refractivity contribution in [3.05, 3.63) is 5.82 Å². The highest BCUT2D eigenvalue weighted by Crippen LogP contribution is 2.28. The number of alkyl halides is 1. The van der Waals surface area contributed by atoms with Crippen LogP contribution < -0.4 is 5.32 Å². The first-order valence-corrected chi connectivity index (χ1v) is 6.73. The van der Waals surface area contributed by atoms with E-state index in [2.05, 4.69) is 14.7 Å². The molecule has 1 aliphatic carbocycles. The van der Waals surface area contributed by atoms with Gasteiger partial charge in [-0.2, -0.15) is 4.37 Å². The van der Waals surface area contributed by atoms with Crippen molar-refractivity contribution in [3.8, 4) is 0 Å². The molecule has 0 bridgehead atoms. The lowest BCUT2D eigenvalue weighted by Gasteiger charge is -2.30. The molecule has 1 fully saturated rings. The first kappa shape index (κ1) is 11.1. The highest BCUT2D eigenvalue weighted by molar-refractivity contribution is 7.09. The fourth-order valence-corrected chi connectivity index (χ4v) is 3.10. The van der Waals surface area contributed by atoms with Crippen LogP contribution >= 0.6 is 23.1 Å². The zero-order chi connectivity index (χ0) is 10.7. The van der Waals surface area contributed by atoms with Crippen LogP contribution in [0.2, 0.25) is 0 Å². The molecule has 0 saturated heterocycles. The summed E-state index contributed by atoms with van der Waals surface area (Å²) >= 11 is 7.41. The molecule has 84 valence electrons. The highest BCUT2D eigenvalue weighted by Gasteiger charge is 2.24. The van der Waals surface area contributed by atoms with Gasteiger partial charge in [-0.3, -0.25) is 0 Å². The van der Waals surface area contributed by atoms with Crippen molar-refractivity contribution in [1.29, 1.82) is 0 Å². The van der Waals surface area contributed by atoms with E-state index in [0.717, 1.165) is 16.8 Å². The number of hydrogen-bond acceptors (Lipinski definition) is 4. The van der Waals surface area contributed by atoms with Gasteiger partial charge in [0.2, 0.25) is 5.13 Å². The Labute approximate surface area is 99.4 Å². The number of aryl methyl sites for hydroxylation is 1. The molecule has 0 aromatic carbocycles.